The number of carbonyl (C=O) groups is 2. The van der Waals surface area contributed by atoms with Gasteiger partial charge in [0.25, 0.3) is 11.8 Å². The van der Waals surface area contributed by atoms with E-state index in [0.717, 1.165) is 22.6 Å². The molecule has 2 aromatic rings. The van der Waals surface area contributed by atoms with Gasteiger partial charge in [-0.15, -0.1) is 0 Å². The van der Waals surface area contributed by atoms with E-state index in [0.29, 0.717) is 29.8 Å². The smallest absolute Gasteiger partial charge is 0.256 e. The molecule has 0 spiro atoms. The van der Waals surface area contributed by atoms with Gasteiger partial charge in [0.1, 0.15) is 5.82 Å². The Labute approximate surface area is 179 Å². The Morgan fingerprint density at radius 3 is 2.48 bits per heavy atom. The fraction of sp³-hybridized carbons (Fsp3) is 0.250. The van der Waals surface area contributed by atoms with Crippen molar-refractivity contribution >= 4 is 11.8 Å². The van der Waals surface area contributed by atoms with Crippen LogP contribution in [0.4, 0.5) is 4.39 Å². The van der Waals surface area contributed by atoms with E-state index in [-0.39, 0.29) is 18.4 Å². The van der Waals surface area contributed by atoms with Crippen LogP contribution in [-0.4, -0.2) is 51.5 Å². The van der Waals surface area contributed by atoms with Gasteiger partial charge in [-0.25, -0.2) is 4.39 Å². The molecule has 0 radical (unpaired) electrons. The zero-order valence-electron chi connectivity index (χ0n) is 17.1. The largest absolute Gasteiger partial charge is 0.306 e. The number of aryl methyl sites for hydroxylation is 1. The van der Waals surface area contributed by atoms with Crippen LogP contribution in [0.15, 0.2) is 72.0 Å². The maximum Gasteiger partial charge on any atom is 0.256 e. The topological polar surface area (TPSA) is 64.1 Å². The number of benzene rings is 2. The molecule has 3 aliphatic heterocycles. The van der Waals surface area contributed by atoms with E-state index >= 15 is 0 Å². The summed E-state index contributed by atoms with van der Waals surface area (Å²) >= 11 is 0. The van der Waals surface area contributed by atoms with E-state index in [1.807, 2.05) is 24.3 Å². The van der Waals surface area contributed by atoms with Crippen molar-refractivity contribution in [3.05, 3.63) is 94.5 Å². The molecule has 2 amide bonds. The van der Waals surface area contributed by atoms with Crippen LogP contribution in [0.2, 0.25) is 0 Å². The van der Waals surface area contributed by atoms with Gasteiger partial charge in [-0.2, -0.15) is 0 Å². The minimum Gasteiger partial charge on any atom is -0.306 e. The molecule has 1 N–H and O–H groups in total. The van der Waals surface area contributed by atoms with Gasteiger partial charge in [0, 0.05) is 41.6 Å². The van der Waals surface area contributed by atoms with E-state index in [2.05, 4.69) is 6.92 Å². The molecule has 0 aliphatic carbocycles. The summed E-state index contributed by atoms with van der Waals surface area (Å²) in [6.45, 7) is 2.88. The van der Waals surface area contributed by atoms with Crippen molar-refractivity contribution in [1.82, 2.24) is 14.9 Å². The van der Waals surface area contributed by atoms with Crippen LogP contribution in [-0.2, 0) is 16.9 Å². The Balaban J connectivity index is 1.71. The van der Waals surface area contributed by atoms with Gasteiger partial charge in [0.15, 0.2) is 5.66 Å². The van der Waals surface area contributed by atoms with Crippen molar-refractivity contribution in [3.8, 4) is 0 Å². The molecule has 31 heavy (non-hydrogen) atoms. The third-order valence-electron chi connectivity index (χ3n) is 6.38. The molecule has 0 aromatic heterocycles. The third-order valence-corrected chi connectivity index (χ3v) is 6.38. The fourth-order valence-corrected chi connectivity index (χ4v) is 4.90. The van der Waals surface area contributed by atoms with Crippen LogP contribution in [0.5, 0.6) is 0 Å². The molecule has 2 aromatic carbocycles. The average Bonchev–Trinajstić information content (AvgIpc) is 3.29. The van der Waals surface area contributed by atoms with Gasteiger partial charge in [0.2, 0.25) is 0 Å². The van der Waals surface area contributed by atoms with Gasteiger partial charge in [0.05, 0.1) is 6.54 Å². The van der Waals surface area contributed by atoms with Crippen LogP contribution >= 0.6 is 0 Å². The first-order valence-electron chi connectivity index (χ1n) is 10.3. The second kappa shape index (κ2) is 7.06. The van der Waals surface area contributed by atoms with Crippen LogP contribution in [0.25, 0.3) is 0 Å². The molecule has 1 saturated heterocycles. The molecule has 6 nitrogen and oxygen atoms in total. The van der Waals surface area contributed by atoms with Crippen molar-refractivity contribution in [1.29, 1.82) is 0 Å². The van der Waals surface area contributed by atoms with Crippen molar-refractivity contribution in [2.75, 3.05) is 19.6 Å². The van der Waals surface area contributed by atoms with E-state index in [1.54, 1.807) is 15.9 Å². The molecule has 3 heterocycles. The zero-order valence-corrected chi connectivity index (χ0v) is 17.1. The predicted octanol–water partition coefficient (Wildman–Crippen LogP) is 3.05. The summed E-state index contributed by atoms with van der Waals surface area (Å²) in [5.74, 6) is -0.866. The molecule has 1 fully saturated rings. The van der Waals surface area contributed by atoms with E-state index in [9.17, 15) is 19.2 Å². The number of carbonyl (C=O) groups excluding carboxylic acids is 2. The Morgan fingerprint density at radius 2 is 1.81 bits per heavy atom. The molecule has 1 atom stereocenters. The van der Waals surface area contributed by atoms with Crippen molar-refractivity contribution in [2.24, 2.45) is 0 Å². The van der Waals surface area contributed by atoms with Crippen LogP contribution in [0.1, 0.15) is 28.4 Å². The zero-order chi connectivity index (χ0) is 21.8. The minimum absolute atomic E-state index is 0.108. The summed E-state index contributed by atoms with van der Waals surface area (Å²) in [6.07, 6.45) is 3.93. The van der Waals surface area contributed by atoms with Crippen molar-refractivity contribution in [2.45, 2.75) is 19.0 Å². The molecule has 0 saturated carbocycles. The first kappa shape index (κ1) is 19.5. The Kier molecular flexibility index (Phi) is 4.44. The molecule has 3 aliphatic rings. The van der Waals surface area contributed by atoms with Crippen molar-refractivity contribution < 1.29 is 19.2 Å². The quantitative estimate of drug-likeness (QED) is 0.831. The Morgan fingerprint density at radius 1 is 1.10 bits per heavy atom. The van der Waals surface area contributed by atoms with Gasteiger partial charge in [-0.3, -0.25) is 19.9 Å². The van der Waals surface area contributed by atoms with Gasteiger partial charge >= 0.3 is 0 Å². The van der Waals surface area contributed by atoms with Gasteiger partial charge in [-0.05, 0) is 42.3 Å². The highest BCUT2D eigenvalue weighted by atomic mass is 19.1. The molecule has 0 bridgehead atoms. The number of hydrogen-bond donors (Lipinski definition) is 1. The summed E-state index contributed by atoms with van der Waals surface area (Å²) < 4.78 is 13.4. The maximum absolute atomic E-state index is 13.6. The number of amides is 2. The van der Waals surface area contributed by atoms with E-state index in [4.69, 9.17) is 0 Å². The first-order valence-corrected chi connectivity index (χ1v) is 10.3. The summed E-state index contributed by atoms with van der Waals surface area (Å²) in [4.78, 5) is 30.3. The minimum atomic E-state index is -1.13. The van der Waals surface area contributed by atoms with Gasteiger partial charge < -0.3 is 9.80 Å². The highest BCUT2D eigenvalue weighted by Crippen LogP contribution is 2.51. The number of rotatable bonds is 3. The highest BCUT2D eigenvalue weighted by molar-refractivity contribution is 6.04. The van der Waals surface area contributed by atoms with E-state index in [1.165, 1.54) is 30.5 Å². The molecule has 158 valence electrons. The second-order valence-corrected chi connectivity index (χ2v) is 7.95. The first-order chi connectivity index (χ1) is 15.0. The molecule has 5 rings (SSSR count). The van der Waals surface area contributed by atoms with Crippen LogP contribution in [0.3, 0.4) is 0 Å². The van der Waals surface area contributed by atoms with Crippen LogP contribution in [0, 0.1) is 5.82 Å². The lowest BCUT2D eigenvalue weighted by atomic mass is 9.87. The molecular formula is C24H22FN3O3. The molecule has 1 unspecified atom stereocenters. The van der Waals surface area contributed by atoms with Crippen LogP contribution < -0.4 is 0 Å². The van der Waals surface area contributed by atoms with Crippen molar-refractivity contribution in [3.63, 3.8) is 0 Å². The monoisotopic (exact) mass is 419 g/mol. The maximum atomic E-state index is 13.6. The lowest BCUT2D eigenvalue weighted by Gasteiger charge is -2.42. The average molecular weight is 419 g/mol. The number of halogens is 1. The number of nitrogens with zero attached hydrogens (tertiary/aromatic N) is 3. The Hall–Kier alpha value is -3.45. The normalized spacial score (nSPS) is 22.3. The highest BCUT2D eigenvalue weighted by Gasteiger charge is 2.61. The summed E-state index contributed by atoms with van der Waals surface area (Å²) in [5.41, 5.74) is 2.32. The second-order valence-electron chi connectivity index (χ2n) is 7.95. The number of fused-ring (bicyclic) bond motifs is 2. The van der Waals surface area contributed by atoms with E-state index < -0.39 is 11.5 Å². The summed E-state index contributed by atoms with van der Waals surface area (Å²) in [7, 11) is 0. The fourth-order valence-electron chi connectivity index (χ4n) is 4.90. The molecular weight excluding hydrogens is 397 g/mol. The predicted molar refractivity (Wildman–Crippen MR) is 111 cm³/mol. The standard InChI is InChI=1S/C24H22FN3O3/c1-2-16-3-7-18(8-4-16)24-21-15-26(31)12-11-20(21)23(30)28(24)14-13-27(24)22(29)17-5-9-19(25)10-6-17/h3-12,31H,2,13-15H2,1H3. The Bertz CT molecular complexity index is 1120. The third kappa shape index (κ3) is 2.73. The number of hydroxylamine groups is 2. The summed E-state index contributed by atoms with van der Waals surface area (Å²) in [6, 6.07) is 13.3. The lowest BCUT2D eigenvalue weighted by Crippen LogP contribution is -2.53. The molecule has 7 heteroatoms. The number of hydrogen-bond acceptors (Lipinski definition) is 4. The van der Waals surface area contributed by atoms with Gasteiger partial charge in [-0.1, -0.05) is 31.2 Å². The summed E-state index contributed by atoms with van der Waals surface area (Å²) in [5, 5.41) is 11.2. The SMILES string of the molecule is CCc1ccc(C23C4=C(C=CN(O)C4)C(=O)N2CCN3C(=O)c2ccc(F)cc2)cc1. The lowest BCUT2D eigenvalue weighted by molar-refractivity contribution is -0.129.